The quantitative estimate of drug-likeness (QED) is 0.407. The van der Waals surface area contributed by atoms with Crippen molar-refractivity contribution in [1.82, 2.24) is 14.5 Å². The average molecular weight is 455 g/mol. The highest BCUT2D eigenvalue weighted by Gasteiger charge is 2.27. The van der Waals surface area contributed by atoms with E-state index in [1.165, 1.54) is 0 Å². The van der Waals surface area contributed by atoms with Crippen LogP contribution in [-0.2, 0) is 0 Å². The van der Waals surface area contributed by atoms with Gasteiger partial charge in [-0.25, -0.2) is 9.78 Å². The fourth-order valence-corrected chi connectivity index (χ4v) is 4.37. The first-order valence-electron chi connectivity index (χ1n) is 11.5. The van der Waals surface area contributed by atoms with E-state index in [2.05, 4.69) is 5.32 Å². The van der Waals surface area contributed by atoms with Crippen LogP contribution in [0.1, 0.15) is 41.9 Å². The van der Waals surface area contributed by atoms with Crippen LogP contribution in [0, 0.1) is 20.8 Å². The van der Waals surface area contributed by atoms with E-state index < -0.39 is 6.04 Å². The number of hydrogen-bond donors (Lipinski definition) is 1. The molecule has 0 aliphatic carbocycles. The van der Waals surface area contributed by atoms with Crippen LogP contribution in [0.3, 0.4) is 0 Å². The van der Waals surface area contributed by atoms with Crippen LogP contribution >= 0.6 is 0 Å². The number of carbonyl (C=O) groups is 1. The topological polar surface area (TPSA) is 67.2 Å². The van der Waals surface area contributed by atoms with Gasteiger partial charge < -0.3 is 10.2 Å². The first kappa shape index (κ1) is 23.2. The lowest BCUT2D eigenvalue weighted by Gasteiger charge is -2.29. The van der Waals surface area contributed by atoms with Crippen molar-refractivity contribution >= 4 is 22.6 Å². The molecule has 0 fully saturated rings. The van der Waals surface area contributed by atoms with Crippen LogP contribution in [-0.4, -0.2) is 27.5 Å². The molecule has 0 radical (unpaired) electrons. The molecule has 4 rings (SSSR count). The van der Waals surface area contributed by atoms with Gasteiger partial charge in [0.1, 0.15) is 5.82 Å². The van der Waals surface area contributed by atoms with Crippen molar-refractivity contribution in [1.29, 1.82) is 0 Å². The summed E-state index contributed by atoms with van der Waals surface area (Å²) in [7, 11) is 1.75. The summed E-state index contributed by atoms with van der Waals surface area (Å²) < 4.78 is 1.65. The first-order chi connectivity index (χ1) is 16.3. The Morgan fingerprint density at radius 2 is 1.68 bits per heavy atom. The van der Waals surface area contributed by atoms with Gasteiger partial charge in [-0.2, -0.15) is 0 Å². The van der Waals surface area contributed by atoms with Crippen molar-refractivity contribution in [3.63, 3.8) is 0 Å². The summed E-state index contributed by atoms with van der Waals surface area (Å²) in [6.45, 7) is 7.93. The third-order valence-corrected chi connectivity index (χ3v) is 6.25. The number of nitrogens with one attached hydrogen (secondary N) is 1. The summed E-state index contributed by atoms with van der Waals surface area (Å²) in [4.78, 5) is 33.5. The molecule has 0 saturated carbocycles. The Morgan fingerprint density at radius 1 is 1.00 bits per heavy atom. The maximum atomic E-state index is 13.7. The molecule has 2 amide bonds. The van der Waals surface area contributed by atoms with Gasteiger partial charge in [-0.1, -0.05) is 49.4 Å². The predicted octanol–water partition coefficient (Wildman–Crippen LogP) is 5.93. The summed E-state index contributed by atoms with van der Waals surface area (Å²) >= 11 is 0. The SMILES string of the molecule is CCC(c1nc2ccccc2c(=O)n1-c1cccc(C)c1)N(C)C(=O)Nc1c(C)cccc1C. The second-order valence-corrected chi connectivity index (χ2v) is 8.70. The molecule has 1 heterocycles. The number of carbonyl (C=O) groups excluding carboxylic acids is 1. The van der Waals surface area contributed by atoms with Gasteiger partial charge >= 0.3 is 6.03 Å². The van der Waals surface area contributed by atoms with Crippen LogP contribution in [0.15, 0.2) is 71.5 Å². The third-order valence-electron chi connectivity index (χ3n) is 6.25. The van der Waals surface area contributed by atoms with Gasteiger partial charge in [0.15, 0.2) is 0 Å². The van der Waals surface area contributed by atoms with Crippen molar-refractivity contribution in [2.75, 3.05) is 12.4 Å². The highest BCUT2D eigenvalue weighted by atomic mass is 16.2. The minimum atomic E-state index is -0.415. The Morgan fingerprint density at radius 3 is 2.35 bits per heavy atom. The van der Waals surface area contributed by atoms with Crippen LogP contribution in [0.25, 0.3) is 16.6 Å². The molecule has 1 aromatic heterocycles. The number of aromatic nitrogens is 2. The molecular weight excluding hydrogens is 424 g/mol. The lowest BCUT2D eigenvalue weighted by molar-refractivity contribution is 0.199. The number of rotatable bonds is 5. The molecule has 0 spiro atoms. The van der Waals surface area contributed by atoms with Gasteiger partial charge in [-0.3, -0.25) is 9.36 Å². The van der Waals surface area contributed by atoms with Crippen LogP contribution in [0.2, 0.25) is 0 Å². The number of hydrogen-bond acceptors (Lipinski definition) is 3. The summed E-state index contributed by atoms with van der Waals surface area (Å²) in [5, 5.41) is 3.60. The summed E-state index contributed by atoms with van der Waals surface area (Å²) in [5.41, 5.74) is 5.04. The monoisotopic (exact) mass is 454 g/mol. The molecule has 1 unspecified atom stereocenters. The van der Waals surface area contributed by atoms with Crippen molar-refractivity contribution < 1.29 is 4.79 Å². The Hall–Kier alpha value is -3.93. The van der Waals surface area contributed by atoms with Gasteiger partial charge in [0.25, 0.3) is 5.56 Å². The molecule has 1 atom stereocenters. The Bertz CT molecular complexity index is 1400. The number of anilines is 1. The molecule has 174 valence electrons. The third kappa shape index (κ3) is 4.31. The molecule has 0 bridgehead atoms. The van der Waals surface area contributed by atoms with Gasteiger partial charge in [0.2, 0.25) is 0 Å². The molecule has 0 saturated heterocycles. The molecule has 1 N–H and O–H groups in total. The van der Waals surface area contributed by atoms with Crippen LogP contribution in [0.5, 0.6) is 0 Å². The summed E-state index contributed by atoms with van der Waals surface area (Å²) in [6, 6.07) is 20.4. The van der Waals surface area contributed by atoms with E-state index >= 15 is 0 Å². The van der Waals surface area contributed by atoms with E-state index in [9.17, 15) is 9.59 Å². The second-order valence-electron chi connectivity index (χ2n) is 8.70. The molecule has 6 nitrogen and oxygen atoms in total. The highest BCUT2D eigenvalue weighted by Crippen LogP contribution is 2.27. The maximum absolute atomic E-state index is 13.7. The molecular formula is C28H30N4O2. The normalized spacial score (nSPS) is 11.9. The van der Waals surface area contributed by atoms with Gasteiger partial charge in [-0.15, -0.1) is 0 Å². The largest absolute Gasteiger partial charge is 0.322 e. The van der Waals surface area contributed by atoms with E-state index in [0.717, 1.165) is 28.1 Å². The smallest absolute Gasteiger partial charge is 0.317 e. The van der Waals surface area contributed by atoms with E-state index in [1.54, 1.807) is 22.6 Å². The summed E-state index contributed by atoms with van der Waals surface area (Å²) in [6.07, 6.45) is 0.591. The molecule has 0 aliphatic rings. The van der Waals surface area contributed by atoms with E-state index in [4.69, 9.17) is 4.98 Å². The number of nitrogens with zero attached hydrogens (tertiary/aromatic N) is 3. The number of amides is 2. The fourth-order valence-electron chi connectivity index (χ4n) is 4.37. The Kier molecular flexibility index (Phi) is 6.50. The lowest BCUT2D eigenvalue weighted by atomic mass is 10.1. The van der Waals surface area contributed by atoms with Crippen molar-refractivity contribution in [2.45, 2.75) is 40.2 Å². The fraction of sp³-hybridized carbons (Fsp3) is 0.250. The average Bonchev–Trinajstić information content (AvgIpc) is 2.82. The van der Waals surface area contributed by atoms with Gasteiger partial charge in [0, 0.05) is 12.7 Å². The molecule has 6 heteroatoms. The number of fused-ring (bicyclic) bond motifs is 1. The van der Waals surface area contributed by atoms with E-state index in [1.807, 2.05) is 88.4 Å². The summed E-state index contributed by atoms with van der Waals surface area (Å²) in [5.74, 6) is 0.538. The zero-order chi connectivity index (χ0) is 24.4. The Balaban J connectivity index is 1.84. The molecule has 0 aliphatic heterocycles. The van der Waals surface area contributed by atoms with Gasteiger partial charge in [0.05, 0.1) is 22.6 Å². The standard InChI is InChI=1S/C28H30N4O2/c1-6-24(31(5)28(34)30-25-19(3)12-10-13-20(25)4)26-29-23-16-8-7-15-22(23)27(33)32(26)21-14-9-11-18(2)17-21/h7-17,24H,6H2,1-5H3,(H,30,34). The van der Waals surface area contributed by atoms with E-state index in [-0.39, 0.29) is 11.6 Å². The lowest BCUT2D eigenvalue weighted by Crippen LogP contribution is -2.38. The minimum absolute atomic E-state index is 0.145. The van der Waals surface area contributed by atoms with E-state index in [0.29, 0.717) is 23.1 Å². The second kappa shape index (κ2) is 9.51. The van der Waals surface area contributed by atoms with Crippen molar-refractivity contribution in [3.05, 3.63) is 99.6 Å². The number of aryl methyl sites for hydroxylation is 3. The maximum Gasteiger partial charge on any atom is 0.322 e. The molecule has 3 aromatic carbocycles. The van der Waals surface area contributed by atoms with Crippen molar-refractivity contribution in [2.24, 2.45) is 0 Å². The predicted molar refractivity (Wildman–Crippen MR) is 138 cm³/mol. The molecule has 4 aromatic rings. The first-order valence-corrected chi connectivity index (χ1v) is 11.5. The number of para-hydroxylation sites is 2. The zero-order valence-electron chi connectivity index (χ0n) is 20.3. The van der Waals surface area contributed by atoms with Crippen LogP contribution in [0.4, 0.5) is 10.5 Å². The van der Waals surface area contributed by atoms with Crippen molar-refractivity contribution in [3.8, 4) is 5.69 Å². The highest BCUT2D eigenvalue weighted by molar-refractivity contribution is 5.91. The Labute approximate surface area is 199 Å². The minimum Gasteiger partial charge on any atom is -0.317 e. The molecule has 34 heavy (non-hydrogen) atoms. The van der Waals surface area contributed by atoms with Gasteiger partial charge in [-0.05, 0) is 68.1 Å². The zero-order valence-corrected chi connectivity index (χ0v) is 20.3. The number of benzene rings is 3. The van der Waals surface area contributed by atoms with Crippen LogP contribution < -0.4 is 10.9 Å². The number of urea groups is 1.